The van der Waals surface area contributed by atoms with Gasteiger partial charge in [0.25, 0.3) is 0 Å². The van der Waals surface area contributed by atoms with Crippen molar-refractivity contribution >= 4 is 11.6 Å². The number of carbonyl (C=O) groups is 2. The number of aromatic nitrogens is 1. The predicted molar refractivity (Wildman–Crippen MR) is 127 cm³/mol. The van der Waals surface area contributed by atoms with Crippen LogP contribution in [0.15, 0.2) is 48.3 Å². The van der Waals surface area contributed by atoms with E-state index in [1.165, 1.54) is 0 Å². The summed E-state index contributed by atoms with van der Waals surface area (Å²) in [5.41, 5.74) is 0.0370. The van der Waals surface area contributed by atoms with E-state index in [1.54, 1.807) is 24.5 Å². The van der Waals surface area contributed by atoms with E-state index in [2.05, 4.69) is 18.8 Å². The van der Waals surface area contributed by atoms with E-state index in [4.69, 9.17) is 4.84 Å². The molecular weight excluding hydrogens is 444 g/mol. The number of Topliss-reactive ketones (excluding diaryl/α,β-unsaturated/α-hetero) is 1. The van der Waals surface area contributed by atoms with E-state index in [0.717, 1.165) is 30.4 Å². The standard InChI is InChI=1S/C28H34N2O5/c1-26-8-7-20(32)10-18(26)5-6-21-22-11-19-15-30(14-17-4-3-9-29-13-17)35-28(19,24(34)16-31)27(22,2)12-23(33)25(21)26/h3-4,7-10,13,19,21-23,25,31,33H,5-6,11-12,14-16H2,1-2H3. The van der Waals surface area contributed by atoms with Crippen molar-refractivity contribution in [2.45, 2.75) is 57.8 Å². The number of aliphatic hydroxyl groups excluding tert-OH is 2. The lowest BCUT2D eigenvalue weighted by Gasteiger charge is -2.59. The first-order valence-electron chi connectivity index (χ1n) is 12.8. The molecule has 0 bridgehead atoms. The molecule has 2 heterocycles. The Hall–Kier alpha value is -2.19. The van der Waals surface area contributed by atoms with Crippen LogP contribution in [0.5, 0.6) is 0 Å². The number of fused-ring (bicyclic) bond motifs is 7. The fraction of sp³-hybridized carbons (Fsp3) is 0.607. The Bertz CT molecular complexity index is 1120. The van der Waals surface area contributed by atoms with Gasteiger partial charge in [-0.05, 0) is 61.3 Å². The van der Waals surface area contributed by atoms with Crippen molar-refractivity contribution in [3.8, 4) is 0 Å². The monoisotopic (exact) mass is 478 g/mol. The molecule has 4 fully saturated rings. The van der Waals surface area contributed by atoms with Crippen molar-refractivity contribution in [2.24, 2.45) is 34.5 Å². The minimum Gasteiger partial charge on any atom is -0.393 e. The first kappa shape index (κ1) is 23.2. The molecule has 0 spiro atoms. The summed E-state index contributed by atoms with van der Waals surface area (Å²) < 4.78 is 0. The third-order valence-corrected chi connectivity index (χ3v) is 10.2. The largest absolute Gasteiger partial charge is 0.393 e. The van der Waals surface area contributed by atoms with Crippen molar-refractivity contribution in [2.75, 3.05) is 13.2 Å². The molecule has 7 nitrogen and oxygen atoms in total. The number of carbonyl (C=O) groups excluding carboxylic acids is 2. The van der Waals surface area contributed by atoms with E-state index < -0.39 is 23.7 Å². The van der Waals surface area contributed by atoms with Gasteiger partial charge in [-0.3, -0.25) is 19.4 Å². The van der Waals surface area contributed by atoms with Crippen LogP contribution in [0, 0.1) is 34.5 Å². The van der Waals surface area contributed by atoms with Crippen LogP contribution in [-0.2, 0) is 21.0 Å². The van der Waals surface area contributed by atoms with Gasteiger partial charge in [-0.1, -0.05) is 31.6 Å². The molecule has 3 saturated carbocycles. The summed E-state index contributed by atoms with van der Waals surface area (Å²) in [6.45, 7) is 4.81. The van der Waals surface area contributed by atoms with Gasteiger partial charge in [0.05, 0.1) is 12.6 Å². The number of nitrogens with zero attached hydrogens (tertiary/aromatic N) is 2. The van der Waals surface area contributed by atoms with Gasteiger partial charge in [-0.15, -0.1) is 0 Å². The quantitative estimate of drug-likeness (QED) is 0.686. The molecule has 35 heavy (non-hydrogen) atoms. The summed E-state index contributed by atoms with van der Waals surface area (Å²) in [7, 11) is 0. The molecule has 5 aliphatic rings. The highest BCUT2D eigenvalue weighted by Crippen LogP contribution is 2.70. The molecular formula is C28H34N2O5. The Morgan fingerprint density at radius 1 is 1.34 bits per heavy atom. The topological polar surface area (TPSA) is 100.0 Å². The highest BCUT2D eigenvalue weighted by molar-refractivity contribution is 6.01. The van der Waals surface area contributed by atoms with Gasteiger partial charge < -0.3 is 10.2 Å². The van der Waals surface area contributed by atoms with Gasteiger partial charge in [0.15, 0.2) is 17.2 Å². The Balaban J connectivity index is 1.36. The van der Waals surface area contributed by atoms with Crippen LogP contribution in [0.1, 0.15) is 45.1 Å². The first-order chi connectivity index (χ1) is 16.7. The Labute approximate surface area is 205 Å². The van der Waals surface area contributed by atoms with E-state index >= 15 is 0 Å². The van der Waals surface area contributed by atoms with Gasteiger partial charge in [-0.25, -0.2) is 0 Å². The van der Waals surface area contributed by atoms with Crippen LogP contribution in [0.4, 0.5) is 0 Å². The van der Waals surface area contributed by atoms with Gasteiger partial charge >= 0.3 is 0 Å². The summed E-state index contributed by atoms with van der Waals surface area (Å²) in [5, 5.41) is 23.6. The SMILES string of the molecule is CC12C=CC(=O)C=C1CCC1C2C(O)CC2(C)C1CC1CN(Cc3cccnc3)OC12C(=O)CO. The van der Waals surface area contributed by atoms with Crippen molar-refractivity contribution in [3.05, 3.63) is 53.9 Å². The van der Waals surface area contributed by atoms with E-state index in [9.17, 15) is 19.8 Å². The third-order valence-electron chi connectivity index (χ3n) is 10.2. The molecule has 0 amide bonds. The van der Waals surface area contributed by atoms with Gasteiger partial charge in [0.2, 0.25) is 0 Å². The lowest BCUT2D eigenvalue weighted by molar-refractivity contribution is -0.254. The average Bonchev–Trinajstić information content (AvgIpc) is 3.31. The maximum Gasteiger partial charge on any atom is 0.192 e. The van der Waals surface area contributed by atoms with Crippen LogP contribution < -0.4 is 0 Å². The number of ketones is 2. The number of hydrogen-bond acceptors (Lipinski definition) is 7. The molecule has 0 aromatic carbocycles. The summed E-state index contributed by atoms with van der Waals surface area (Å²) in [4.78, 5) is 36.4. The van der Waals surface area contributed by atoms with E-state index in [0.29, 0.717) is 19.5 Å². The second kappa shape index (κ2) is 7.90. The number of allylic oxidation sites excluding steroid dienone is 4. The number of aliphatic hydroxyl groups is 2. The Morgan fingerprint density at radius 2 is 2.17 bits per heavy atom. The molecule has 1 saturated heterocycles. The molecule has 186 valence electrons. The zero-order valence-corrected chi connectivity index (χ0v) is 20.4. The second-order valence-electron chi connectivity index (χ2n) is 11.7. The normalized spacial score (nSPS) is 44.3. The van der Waals surface area contributed by atoms with Crippen LogP contribution in [0.3, 0.4) is 0 Å². The number of hydroxylamine groups is 2. The minimum atomic E-state index is -1.14. The first-order valence-corrected chi connectivity index (χ1v) is 12.8. The number of pyridine rings is 1. The van der Waals surface area contributed by atoms with Crippen LogP contribution in [0.25, 0.3) is 0 Å². The fourth-order valence-corrected chi connectivity index (χ4v) is 8.85. The smallest absolute Gasteiger partial charge is 0.192 e. The fourth-order valence-electron chi connectivity index (χ4n) is 8.85. The molecule has 4 aliphatic carbocycles. The molecule has 1 aromatic heterocycles. The van der Waals surface area contributed by atoms with Crippen molar-refractivity contribution in [1.29, 1.82) is 0 Å². The molecule has 8 atom stereocenters. The molecule has 0 radical (unpaired) electrons. The minimum absolute atomic E-state index is 0.00322. The summed E-state index contributed by atoms with van der Waals surface area (Å²) in [6.07, 6.45) is 11.3. The van der Waals surface area contributed by atoms with E-state index in [1.807, 2.05) is 23.3 Å². The van der Waals surface area contributed by atoms with Crippen molar-refractivity contribution in [1.82, 2.24) is 10.0 Å². The lowest BCUT2D eigenvalue weighted by atomic mass is 9.46. The molecule has 8 unspecified atom stereocenters. The van der Waals surface area contributed by atoms with Crippen molar-refractivity contribution < 1.29 is 24.6 Å². The Morgan fingerprint density at radius 3 is 2.91 bits per heavy atom. The van der Waals surface area contributed by atoms with Gasteiger partial charge in [0, 0.05) is 41.6 Å². The van der Waals surface area contributed by atoms with Crippen LogP contribution in [-0.4, -0.2) is 56.7 Å². The highest BCUT2D eigenvalue weighted by Gasteiger charge is 2.75. The molecule has 1 aromatic rings. The van der Waals surface area contributed by atoms with Gasteiger partial charge in [-0.2, -0.15) is 5.06 Å². The summed E-state index contributed by atoms with van der Waals surface area (Å²) >= 11 is 0. The van der Waals surface area contributed by atoms with Crippen LogP contribution in [0.2, 0.25) is 0 Å². The summed E-state index contributed by atoms with van der Waals surface area (Å²) in [6, 6.07) is 3.87. The zero-order valence-electron chi connectivity index (χ0n) is 20.4. The maximum atomic E-state index is 13.5. The third kappa shape index (κ3) is 3.08. The van der Waals surface area contributed by atoms with E-state index in [-0.39, 0.29) is 40.7 Å². The zero-order chi connectivity index (χ0) is 24.6. The second-order valence-corrected chi connectivity index (χ2v) is 11.7. The number of hydrogen-bond donors (Lipinski definition) is 2. The van der Waals surface area contributed by atoms with Crippen LogP contribution >= 0.6 is 0 Å². The summed E-state index contributed by atoms with van der Waals surface area (Å²) in [5.74, 6) is 0.104. The Kier molecular flexibility index (Phi) is 5.24. The molecule has 2 N–H and O–H groups in total. The highest BCUT2D eigenvalue weighted by atomic mass is 16.7. The molecule has 6 rings (SSSR count). The maximum absolute atomic E-state index is 13.5. The van der Waals surface area contributed by atoms with Gasteiger partial charge in [0.1, 0.15) is 6.61 Å². The molecule has 7 heteroatoms. The molecule has 1 aliphatic heterocycles. The lowest BCUT2D eigenvalue weighted by Crippen LogP contribution is -2.63. The number of rotatable bonds is 4. The van der Waals surface area contributed by atoms with Crippen molar-refractivity contribution in [3.63, 3.8) is 0 Å². The predicted octanol–water partition coefficient (Wildman–Crippen LogP) is 2.63. The average molecular weight is 479 g/mol.